The van der Waals surface area contributed by atoms with Crippen LogP contribution in [0.1, 0.15) is 24.7 Å². The number of carbonyl (C=O) groups excluding carboxylic acids is 1. The van der Waals surface area contributed by atoms with Crippen molar-refractivity contribution in [3.8, 4) is 11.3 Å². The Balaban J connectivity index is 1.66. The predicted octanol–water partition coefficient (Wildman–Crippen LogP) is -0.295. The first-order valence-electron chi connectivity index (χ1n) is 10.8. The van der Waals surface area contributed by atoms with E-state index in [0.717, 1.165) is 0 Å². The topological polar surface area (TPSA) is 173 Å². The van der Waals surface area contributed by atoms with Crippen LogP contribution in [0.15, 0.2) is 40.3 Å². The Morgan fingerprint density at radius 3 is 2.53 bits per heavy atom. The van der Waals surface area contributed by atoms with E-state index < -0.39 is 17.2 Å². The molecule has 1 saturated heterocycles. The van der Waals surface area contributed by atoms with Crippen molar-refractivity contribution < 1.29 is 9.90 Å². The zero-order chi connectivity index (χ0) is 23.8. The van der Waals surface area contributed by atoms with Crippen molar-refractivity contribution in [1.29, 1.82) is 0 Å². The predicted molar refractivity (Wildman–Crippen MR) is 123 cm³/mol. The minimum absolute atomic E-state index is 0.170. The Hall–Kier alpha value is -4.03. The van der Waals surface area contributed by atoms with Crippen molar-refractivity contribution in [3.63, 3.8) is 0 Å². The third-order valence-electron chi connectivity index (χ3n) is 6.06. The number of amides is 1. The van der Waals surface area contributed by atoms with Gasteiger partial charge in [0, 0.05) is 43.3 Å². The number of piperidine rings is 1. The zero-order valence-corrected chi connectivity index (χ0v) is 18.1. The van der Waals surface area contributed by atoms with Crippen molar-refractivity contribution in [2.24, 2.45) is 5.73 Å². The molecule has 174 valence electrons. The van der Waals surface area contributed by atoms with E-state index in [1.54, 1.807) is 29.1 Å². The number of hydrogen-bond donors (Lipinski definition) is 3. The molecule has 12 heteroatoms. The summed E-state index contributed by atoms with van der Waals surface area (Å²) >= 11 is 0. The molecule has 0 spiro atoms. The quantitative estimate of drug-likeness (QED) is 0.337. The molecule has 0 bridgehead atoms. The lowest BCUT2D eigenvalue weighted by molar-refractivity contribution is -0.119. The molecule has 0 unspecified atom stereocenters. The van der Waals surface area contributed by atoms with Gasteiger partial charge >= 0.3 is 5.69 Å². The summed E-state index contributed by atoms with van der Waals surface area (Å²) in [4.78, 5) is 58.6. The number of nitrogens with one attached hydrogen (secondary N) is 1. The maximum Gasteiger partial charge on any atom is 0.329 e. The Bertz CT molecular complexity index is 1500. The minimum atomic E-state index is -0.528. The van der Waals surface area contributed by atoms with Crippen LogP contribution in [0.3, 0.4) is 0 Å². The molecular weight excluding hydrogens is 440 g/mol. The van der Waals surface area contributed by atoms with E-state index in [2.05, 4.69) is 19.9 Å². The number of H-pyrrole nitrogens is 1. The minimum Gasteiger partial charge on any atom is -0.388 e. The molecule has 4 N–H and O–H groups in total. The number of likely N-dealkylation sites (tertiary alicyclic amines) is 1. The van der Waals surface area contributed by atoms with Crippen LogP contribution >= 0.6 is 0 Å². The average molecular weight is 462 g/mol. The summed E-state index contributed by atoms with van der Waals surface area (Å²) in [6.07, 6.45) is 5.77. The summed E-state index contributed by atoms with van der Waals surface area (Å²) in [7, 11) is 0. The van der Waals surface area contributed by atoms with Crippen LogP contribution in [0, 0.1) is 0 Å². The number of pyridine rings is 2. The van der Waals surface area contributed by atoms with Crippen molar-refractivity contribution in [2.45, 2.75) is 25.5 Å². The van der Waals surface area contributed by atoms with Gasteiger partial charge < -0.3 is 10.8 Å². The summed E-state index contributed by atoms with van der Waals surface area (Å²) in [6, 6.07) is 3.33. The number of rotatable bonds is 5. The normalized spacial score (nSPS) is 15.2. The number of primary amides is 1. The van der Waals surface area contributed by atoms with Crippen LogP contribution in [-0.2, 0) is 11.4 Å². The summed E-state index contributed by atoms with van der Waals surface area (Å²) in [5.41, 5.74) is 6.81. The van der Waals surface area contributed by atoms with Crippen LogP contribution in [0.4, 0.5) is 0 Å². The van der Waals surface area contributed by atoms with Gasteiger partial charge in [0.05, 0.1) is 28.7 Å². The van der Waals surface area contributed by atoms with E-state index >= 15 is 0 Å². The molecule has 0 saturated carbocycles. The van der Waals surface area contributed by atoms with E-state index in [1.165, 1.54) is 6.20 Å². The fraction of sp³-hybridized carbons (Fsp3) is 0.318. The molecule has 5 heterocycles. The van der Waals surface area contributed by atoms with Gasteiger partial charge in [-0.15, -0.1) is 0 Å². The first kappa shape index (κ1) is 21.8. The van der Waals surface area contributed by atoms with Crippen molar-refractivity contribution in [3.05, 3.63) is 57.4 Å². The summed E-state index contributed by atoms with van der Waals surface area (Å²) < 4.78 is 1.59. The molecule has 0 atom stereocenters. The van der Waals surface area contributed by atoms with E-state index in [0.29, 0.717) is 59.6 Å². The molecule has 1 amide bonds. The molecule has 34 heavy (non-hydrogen) atoms. The number of nitrogens with zero attached hydrogens (tertiary/aromatic N) is 6. The maximum atomic E-state index is 13.0. The van der Waals surface area contributed by atoms with Crippen LogP contribution in [0.25, 0.3) is 33.2 Å². The molecule has 0 aromatic carbocycles. The number of hydrogen-bond acceptors (Lipinski definition) is 9. The number of carbonyl (C=O) groups is 1. The first-order chi connectivity index (χ1) is 16.4. The van der Waals surface area contributed by atoms with Gasteiger partial charge in [-0.1, -0.05) is 0 Å². The monoisotopic (exact) mass is 462 g/mol. The van der Waals surface area contributed by atoms with E-state index in [4.69, 9.17) is 10.7 Å². The molecule has 4 aromatic heterocycles. The molecule has 1 aliphatic rings. The average Bonchev–Trinajstić information content (AvgIpc) is 2.84. The van der Waals surface area contributed by atoms with Crippen molar-refractivity contribution >= 4 is 27.8 Å². The second-order valence-electron chi connectivity index (χ2n) is 8.23. The van der Waals surface area contributed by atoms with Crippen molar-refractivity contribution in [1.82, 2.24) is 34.4 Å². The smallest absolute Gasteiger partial charge is 0.329 e. The Kier molecular flexibility index (Phi) is 5.59. The molecular formula is C22H22N8O4. The summed E-state index contributed by atoms with van der Waals surface area (Å²) in [5, 5.41) is 9.45. The first-order valence-corrected chi connectivity index (χ1v) is 10.8. The number of aliphatic hydroxyl groups is 1. The fourth-order valence-electron chi connectivity index (χ4n) is 4.42. The van der Waals surface area contributed by atoms with Gasteiger partial charge in [0.25, 0.3) is 5.56 Å². The zero-order valence-electron chi connectivity index (χ0n) is 18.1. The van der Waals surface area contributed by atoms with Gasteiger partial charge in [0.15, 0.2) is 5.82 Å². The fourth-order valence-corrected chi connectivity index (χ4v) is 4.42. The number of nitrogens with two attached hydrogens (primary N) is 1. The highest BCUT2D eigenvalue weighted by atomic mass is 16.3. The number of aromatic nitrogens is 6. The third kappa shape index (κ3) is 3.93. The lowest BCUT2D eigenvalue weighted by Crippen LogP contribution is -2.42. The standard InChI is InChI=1S/C22H22N8O4/c23-17(32)10-29-5-3-13(4-6-29)30-20-14(21(33)28-22(30)34)9-24-16-2-1-15(27-19(16)20)12-7-25-18(11-31)26-8-12/h1-2,7-9,13,31H,3-6,10-11H2,(H2,23,32)(H,28,33,34). The lowest BCUT2D eigenvalue weighted by atomic mass is 10.0. The second-order valence-corrected chi connectivity index (χ2v) is 8.23. The van der Waals surface area contributed by atoms with E-state index in [1.807, 2.05) is 4.90 Å². The number of aliphatic hydroxyl groups excluding tert-OH is 1. The molecule has 4 aromatic rings. The van der Waals surface area contributed by atoms with E-state index in [9.17, 15) is 19.5 Å². The lowest BCUT2D eigenvalue weighted by Gasteiger charge is -2.32. The van der Waals surface area contributed by atoms with Crippen LogP contribution in [0.5, 0.6) is 0 Å². The van der Waals surface area contributed by atoms with Gasteiger partial charge in [-0.25, -0.2) is 19.7 Å². The van der Waals surface area contributed by atoms with Crippen LogP contribution < -0.4 is 17.0 Å². The van der Waals surface area contributed by atoms with Crippen molar-refractivity contribution in [2.75, 3.05) is 19.6 Å². The summed E-state index contributed by atoms with van der Waals surface area (Å²) in [6.45, 7) is 1.09. The van der Waals surface area contributed by atoms with Gasteiger partial charge in [-0.05, 0) is 25.0 Å². The maximum absolute atomic E-state index is 13.0. The SMILES string of the molecule is NC(=O)CN1CCC(n2c(=O)[nH]c(=O)c3cnc4ccc(-c5cnc(CO)nc5)nc4c32)CC1. The highest BCUT2D eigenvalue weighted by Crippen LogP contribution is 2.28. The molecule has 12 nitrogen and oxygen atoms in total. The molecule has 5 rings (SSSR count). The van der Waals surface area contributed by atoms with Gasteiger partial charge in [0.2, 0.25) is 5.91 Å². The Labute approximate surface area is 192 Å². The summed E-state index contributed by atoms with van der Waals surface area (Å²) in [5.74, 6) is -0.102. The highest BCUT2D eigenvalue weighted by Gasteiger charge is 2.25. The molecule has 0 aliphatic carbocycles. The van der Waals surface area contributed by atoms with E-state index in [-0.39, 0.29) is 24.6 Å². The molecule has 0 radical (unpaired) electrons. The van der Waals surface area contributed by atoms with Gasteiger partial charge in [0.1, 0.15) is 12.1 Å². The second kappa shape index (κ2) is 8.72. The Morgan fingerprint density at radius 2 is 1.85 bits per heavy atom. The van der Waals surface area contributed by atoms with Gasteiger partial charge in [-0.3, -0.25) is 29.0 Å². The highest BCUT2D eigenvalue weighted by molar-refractivity contribution is 6.01. The molecule has 1 aliphatic heterocycles. The third-order valence-corrected chi connectivity index (χ3v) is 6.06. The largest absolute Gasteiger partial charge is 0.388 e. The number of aromatic amines is 1. The Morgan fingerprint density at radius 1 is 1.12 bits per heavy atom. The van der Waals surface area contributed by atoms with Crippen LogP contribution in [-0.4, -0.2) is 65.0 Å². The van der Waals surface area contributed by atoms with Crippen LogP contribution in [0.2, 0.25) is 0 Å². The molecule has 1 fully saturated rings. The van der Waals surface area contributed by atoms with Gasteiger partial charge in [-0.2, -0.15) is 0 Å². The number of fused-ring (bicyclic) bond motifs is 3.